The van der Waals surface area contributed by atoms with Gasteiger partial charge in [-0.25, -0.2) is 0 Å². The van der Waals surface area contributed by atoms with Gasteiger partial charge in [-0.2, -0.15) is 5.10 Å². The van der Waals surface area contributed by atoms with Crippen LogP contribution >= 0.6 is 11.6 Å². The first-order chi connectivity index (χ1) is 12.1. The van der Waals surface area contributed by atoms with Crippen LogP contribution < -0.4 is 10.6 Å². The Bertz CT molecular complexity index is 905. The number of nitrogens with one attached hydrogen (secondary N) is 3. The summed E-state index contributed by atoms with van der Waals surface area (Å²) in [5, 5.41) is 12.2. The Morgan fingerprint density at radius 1 is 1.04 bits per heavy atom. The third-order valence-electron chi connectivity index (χ3n) is 3.67. The first-order valence-electron chi connectivity index (χ1n) is 7.50. The van der Waals surface area contributed by atoms with E-state index in [-0.39, 0.29) is 11.8 Å². The molecule has 6 nitrogen and oxygen atoms in total. The Morgan fingerprint density at radius 3 is 2.44 bits per heavy atom. The van der Waals surface area contributed by atoms with E-state index < -0.39 is 0 Å². The molecule has 0 saturated carbocycles. The molecule has 2 amide bonds. The van der Waals surface area contributed by atoms with E-state index >= 15 is 0 Å². The zero-order valence-corrected chi connectivity index (χ0v) is 14.1. The number of carbonyl (C=O) groups is 2. The summed E-state index contributed by atoms with van der Waals surface area (Å²) >= 11 is 6.01. The minimum atomic E-state index is -0.314. The second-order valence-corrected chi connectivity index (χ2v) is 5.70. The number of rotatable bonds is 4. The van der Waals surface area contributed by atoms with Gasteiger partial charge in [0.15, 0.2) is 0 Å². The number of amides is 2. The van der Waals surface area contributed by atoms with Crippen molar-refractivity contribution in [2.24, 2.45) is 0 Å². The van der Waals surface area contributed by atoms with Crippen LogP contribution in [0.5, 0.6) is 0 Å². The molecule has 0 spiro atoms. The molecule has 3 aromatic rings. The fourth-order valence-corrected chi connectivity index (χ4v) is 2.54. The molecule has 0 aliphatic heterocycles. The van der Waals surface area contributed by atoms with Crippen molar-refractivity contribution in [3.8, 4) is 11.1 Å². The van der Waals surface area contributed by atoms with Crippen LogP contribution in [-0.2, 0) is 0 Å². The topological polar surface area (TPSA) is 86.9 Å². The minimum Gasteiger partial charge on any atom is -0.355 e. The van der Waals surface area contributed by atoms with E-state index in [2.05, 4.69) is 20.8 Å². The fourth-order valence-electron chi connectivity index (χ4n) is 2.34. The normalized spacial score (nSPS) is 10.3. The van der Waals surface area contributed by atoms with Crippen LogP contribution in [0, 0.1) is 0 Å². The zero-order valence-electron chi connectivity index (χ0n) is 13.3. The van der Waals surface area contributed by atoms with E-state index in [1.165, 1.54) is 7.05 Å². The average Bonchev–Trinajstić information content (AvgIpc) is 3.17. The third kappa shape index (κ3) is 3.70. The molecule has 0 aliphatic rings. The summed E-state index contributed by atoms with van der Waals surface area (Å²) in [7, 11) is 1.52. The summed E-state index contributed by atoms with van der Waals surface area (Å²) in [6.45, 7) is 0. The van der Waals surface area contributed by atoms with Crippen LogP contribution in [-0.4, -0.2) is 29.1 Å². The van der Waals surface area contributed by atoms with E-state index in [1.807, 2.05) is 12.1 Å². The van der Waals surface area contributed by atoms with E-state index in [0.29, 0.717) is 21.8 Å². The molecule has 0 radical (unpaired) electrons. The molecule has 3 rings (SSSR count). The fraction of sp³-hybridized carbons (Fsp3) is 0.0556. The Hall–Kier alpha value is -3.12. The number of H-pyrrole nitrogens is 1. The summed E-state index contributed by atoms with van der Waals surface area (Å²) < 4.78 is 0. The second kappa shape index (κ2) is 7.19. The molecule has 0 fully saturated rings. The van der Waals surface area contributed by atoms with Crippen LogP contribution in [0.25, 0.3) is 11.1 Å². The van der Waals surface area contributed by atoms with Crippen molar-refractivity contribution in [1.82, 2.24) is 15.5 Å². The van der Waals surface area contributed by atoms with Crippen LogP contribution in [0.1, 0.15) is 20.7 Å². The van der Waals surface area contributed by atoms with Gasteiger partial charge in [-0.15, -0.1) is 0 Å². The molecule has 1 aromatic heterocycles. The molecular weight excluding hydrogens is 340 g/mol. The minimum absolute atomic E-state index is 0.274. The molecule has 0 bridgehead atoms. The molecule has 0 unspecified atom stereocenters. The van der Waals surface area contributed by atoms with Gasteiger partial charge in [-0.05, 0) is 35.9 Å². The first-order valence-corrected chi connectivity index (χ1v) is 7.88. The molecule has 0 atom stereocenters. The molecule has 126 valence electrons. The van der Waals surface area contributed by atoms with E-state index in [4.69, 9.17) is 11.6 Å². The summed E-state index contributed by atoms with van der Waals surface area (Å²) in [6.07, 6.45) is 3.49. The standard InChI is InChI=1S/C18H15ClN4O2/c1-20-18(25)15-8-14(6-7-16(15)19)23-17(24)12-4-2-11(3-5-12)13-9-21-22-10-13/h2-10H,1H3,(H,20,25)(H,21,22)(H,23,24). The molecule has 0 saturated heterocycles. The van der Waals surface area contributed by atoms with Gasteiger partial charge < -0.3 is 10.6 Å². The summed E-state index contributed by atoms with van der Waals surface area (Å²) in [5.41, 5.74) is 3.20. The predicted molar refractivity (Wildman–Crippen MR) is 96.8 cm³/mol. The van der Waals surface area contributed by atoms with Gasteiger partial charge in [0, 0.05) is 30.1 Å². The SMILES string of the molecule is CNC(=O)c1cc(NC(=O)c2ccc(-c3cn[nH]c3)cc2)ccc1Cl. The van der Waals surface area contributed by atoms with Gasteiger partial charge in [0.1, 0.15) is 0 Å². The smallest absolute Gasteiger partial charge is 0.255 e. The lowest BCUT2D eigenvalue weighted by Crippen LogP contribution is -2.19. The Morgan fingerprint density at radius 2 is 1.80 bits per heavy atom. The van der Waals surface area contributed by atoms with E-state index in [9.17, 15) is 9.59 Å². The lowest BCUT2D eigenvalue weighted by Gasteiger charge is -2.09. The quantitative estimate of drug-likeness (QED) is 0.671. The van der Waals surface area contributed by atoms with Crippen molar-refractivity contribution >= 4 is 29.1 Å². The third-order valence-corrected chi connectivity index (χ3v) is 4.00. The van der Waals surface area contributed by atoms with Crippen LogP contribution in [0.2, 0.25) is 5.02 Å². The number of halogens is 1. The highest BCUT2D eigenvalue weighted by molar-refractivity contribution is 6.34. The number of nitrogens with zero attached hydrogens (tertiary/aromatic N) is 1. The van der Waals surface area contributed by atoms with Crippen molar-refractivity contribution in [3.05, 3.63) is 71.0 Å². The summed E-state index contributed by atoms with van der Waals surface area (Å²) in [4.78, 5) is 24.2. The van der Waals surface area contributed by atoms with Crippen molar-refractivity contribution in [3.63, 3.8) is 0 Å². The van der Waals surface area contributed by atoms with Gasteiger partial charge in [-0.1, -0.05) is 23.7 Å². The van der Waals surface area contributed by atoms with Crippen LogP contribution in [0.15, 0.2) is 54.9 Å². The number of benzene rings is 2. The Kier molecular flexibility index (Phi) is 4.81. The molecule has 1 heterocycles. The van der Waals surface area contributed by atoms with Crippen molar-refractivity contribution < 1.29 is 9.59 Å². The van der Waals surface area contributed by atoms with E-state index in [0.717, 1.165) is 11.1 Å². The van der Waals surface area contributed by atoms with Crippen LogP contribution in [0.4, 0.5) is 5.69 Å². The highest BCUT2D eigenvalue weighted by Crippen LogP contribution is 2.22. The highest BCUT2D eigenvalue weighted by atomic mass is 35.5. The lowest BCUT2D eigenvalue weighted by molar-refractivity contribution is 0.0961. The Balaban J connectivity index is 1.77. The van der Waals surface area contributed by atoms with Crippen molar-refractivity contribution in [2.75, 3.05) is 12.4 Å². The molecule has 7 heteroatoms. The summed E-state index contributed by atoms with van der Waals surface area (Å²) in [5.74, 6) is -0.588. The Labute approximate surface area is 149 Å². The number of aromatic amines is 1. The maximum Gasteiger partial charge on any atom is 0.255 e. The van der Waals surface area contributed by atoms with Gasteiger partial charge in [0.25, 0.3) is 11.8 Å². The highest BCUT2D eigenvalue weighted by Gasteiger charge is 2.12. The number of anilines is 1. The summed E-state index contributed by atoms with van der Waals surface area (Å²) in [6, 6.07) is 11.9. The van der Waals surface area contributed by atoms with Gasteiger partial charge >= 0.3 is 0 Å². The molecular formula is C18H15ClN4O2. The second-order valence-electron chi connectivity index (χ2n) is 5.29. The monoisotopic (exact) mass is 354 g/mol. The van der Waals surface area contributed by atoms with Crippen molar-refractivity contribution in [2.45, 2.75) is 0 Å². The van der Waals surface area contributed by atoms with Crippen molar-refractivity contribution in [1.29, 1.82) is 0 Å². The molecule has 2 aromatic carbocycles. The van der Waals surface area contributed by atoms with Gasteiger partial charge in [-0.3, -0.25) is 14.7 Å². The lowest BCUT2D eigenvalue weighted by atomic mass is 10.1. The average molecular weight is 355 g/mol. The first kappa shape index (κ1) is 16.7. The zero-order chi connectivity index (χ0) is 17.8. The number of aromatic nitrogens is 2. The maximum atomic E-state index is 12.4. The largest absolute Gasteiger partial charge is 0.355 e. The molecule has 25 heavy (non-hydrogen) atoms. The van der Waals surface area contributed by atoms with Gasteiger partial charge in [0.2, 0.25) is 0 Å². The number of hydrogen-bond acceptors (Lipinski definition) is 3. The predicted octanol–water partition coefficient (Wildman–Crippen LogP) is 3.34. The van der Waals surface area contributed by atoms with Gasteiger partial charge in [0.05, 0.1) is 16.8 Å². The molecule has 3 N–H and O–H groups in total. The molecule has 0 aliphatic carbocycles. The number of carbonyl (C=O) groups excluding carboxylic acids is 2. The van der Waals surface area contributed by atoms with E-state index in [1.54, 1.807) is 42.7 Å². The number of hydrogen-bond donors (Lipinski definition) is 3. The van der Waals surface area contributed by atoms with Crippen LogP contribution in [0.3, 0.4) is 0 Å². The maximum absolute atomic E-state index is 12.4.